The average Bonchev–Trinajstić information content (AvgIpc) is 3.03. The SMILES string of the molecule is COC(=O)/C=C/c1ccccc1-c1cc(C)cc2nc(C(C)(C)C)oc12. The van der Waals surface area contributed by atoms with E-state index in [1.807, 2.05) is 37.3 Å². The summed E-state index contributed by atoms with van der Waals surface area (Å²) in [7, 11) is 1.37. The van der Waals surface area contributed by atoms with Crippen LogP contribution in [0.5, 0.6) is 0 Å². The third-order valence-corrected chi connectivity index (χ3v) is 4.13. The van der Waals surface area contributed by atoms with Gasteiger partial charge >= 0.3 is 5.97 Å². The van der Waals surface area contributed by atoms with Crippen LogP contribution in [0.25, 0.3) is 28.3 Å². The zero-order chi connectivity index (χ0) is 18.9. The number of nitrogens with zero attached hydrogens (tertiary/aromatic N) is 1. The first-order valence-corrected chi connectivity index (χ1v) is 8.56. The van der Waals surface area contributed by atoms with Crippen molar-refractivity contribution in [2.75, 3.05) is 7.11 Å². The molecule has 0 amide bonds. The minimum absolute atomic E-state index is 0.172. The van der Waals surface area contributed by atoms with E-state index in [0.717, 1.165) is 33.4 Å². The van der Waals surface area contributed by atoms with Crippen LogP contribution in [-0.4, -0.2) is 18.1 Å². The van der Waals surface area contributed by atoms with Crippen molar-refractivity contribution in [1.82, 2.24) is 4.98 Å². The van der Waals surface area contributed by atoms with Crippen molar-refractivity contribution < 1.29 is 13.9 Å². The Kier molecular flexibility index (Phi) is 4.68. The Labute approximate surface area is 153 Å². The molecular weight excluding hydrogens is 326 g/mol. The summed E-state index contributed by atoms with van der Waals surface area (Å²) in [5, 5.41) is 0. The molecule has 0 saturated carbocycles. The smallest absolute Gasteiger partial charge is 0.330 e. The van der Waals surface area contributed by atoms with Crippen LogP contribution >= 0.6 is 0 Å². The van der Waals surface area contributed by atoms with Gasteiger partial charge in [-0.15, -0.1) is 0 Å². The molecule has 134 valence electrons. The molecule has 4 heteroatoms. The molecule has 1 aromatic heterocycles. The molecule has 3 rings (SSSR count). The van der Waals surface area contributed by atoms with Gasteiger partial charge in [-0.1, -0.05) is 45.0 Å². The predicted octanol–water partition coefficient (Wildman–Crippen LogP) is 5.29. The Morgan fingerprint density at radius 3 is 2.58 bits per heavy atom. The largest absolute Gasteiger partial charge is 0.466 e. The van der Waals surface area contributed by atoms with Gasteiger partial charge in [-0.25, -0.2) is 9.78 Å². The van der Waals surface area contributed by atoms with Gasteiger partial charge in [0.05, 0.1) is 7.11 Å². The lowest BCUT2D eigenvalue weighted by molar-refractivity contribution is -0.134. The summed E-state index contributed by atoms with van der Waals surface area (Å²) in [6.45, 7) is 8.28. The maximum Gasteiger partial charge on any atom is 0.330 e. The molecule has 1 heterocycles. The molecule has 4 nitrogen and oxygen atoms in total. The number of aryl methyl sites for hydroxylation is 1. The predicted molar refractivity (Wildman–Crippen MR) is 104 cm³/mol. The van der Waals surface area contributed by atoms with Gasteiger partial charge in [0.25, 0.3) is 0 Å². The minimum Gasteiger partial charge on any atom is -0.466 e. The second-order valence-corrected chi connectivity index (χ2v) is 7.37. The molecule has 0 aliphatic carbocycles. The first-order valence-electron chi connectivity index (χ1n) is 8.56. The number of methoxy groups -OCH3 is 1. The third-order valence-electron chi connectivity index (χ3n) is 4.13. The van der Waals surface area contributed by atoms with Crippen molar-refractivity contribution in [2.24, 2.45) is 0 Å². The van der Waals surface area contributed by atoms with Crippen molar-refractivity contribution in [1.29, 1.82) is 0 Å². The molecule has 0 aliphatic heterocycles. The molecule has 0 aliphatic rings. The number of carbonyl (C=O) groups is 1. The number of benzene rings is 2. The lowest BCUT2D eigenvalue weighted by Gasteiger charge is -2.12. The van der Waals surface area contributed by atoms with Crippen molar-refractivity contribution in [3.63, 3.8) is 0 Å². The summed E-state index contributed by atoms with van der Waals surface area (Å²) < 4.78 is 10.8. The van der Waals surface area contributed by atoms with Crippen LogP contribution in [0.2, 0.25) is 0 Å². The molecule has 0 saturated heterocycles. The van der Waals surface area contributed by atoms with E-state index in [-0.39, 0.29) is 11.4 Å². The molecule has 0 radical (unpaired) electrons. The fourth-order valence-electron chi connectivity index (χ4n) is 2.81. The number of ether oxygens (including phenoxy) is 1. The van der Waals surface area contributed by atoms with Crippen LogP contribution in [0.3, 0.4) is 0 Å². The number of carbonyl (C=O) groups excluding carboxylic acids is 1. The number of fused-ring (bicyclic) bond motifs is 1. The van der Waals surface area contributed by atoms with Crippen LogP contribution in [-0.2, 0) is 14.9 Å². The zero-order valence-electron chi connectivity index (χ0n) is 15.8. The first kappa shape index (κ1) is 17.9. The van der Waals surface area contributed by atoms with E-state index in [0.29, 0.717) is 5.89 Å². The van der Waals surface area contributed by atoms with Crippen molar-refractivity contribution >= 4 is 23.1 Å². The quantitative estimate of drug-likeness (QED) is 0.476. The maximum absolute atomic E-state index is 11.5. The monoisotopic (exact) mass is 349 g/mol. The first-order chi connectivity index (χ1) is 12.3. The molecule has 0 unspecified atom stereocenters. The van der Waals surface area contributed by atoms with Gasteiger partial charge in [0, 0.05) is 17.1 Å². The molecule has 2 aromatic carbocycles. The summed E-state index contributed by atoms with van der Waals surface area (Å²) in [5.74, 6) is 0.325. The fraction of sp³-hybridized carbons (Fsp3) is 0.273. The standard InChI is InChI=1S/C22H23NO3/c1-14-12-17(20-18(13-14)23-21(26-20)22(2,3)4)16-9-7-6-8-15(16)10-11-19(24)25-5/h6-13H,1-5H3/b11-10+. The Balaban J connectivity index is 2.21. The second kappa shape index (κ2) is 6.79. The van der Waals surface area contributed by atoms with Crippen LogP contribution in [0.1, 0.15) is 37.8 Å². The minimum atomic E-state index is -0.385. The molecule has 26 heavy (non-hydrogen) atoms. The summed E-state index contributed by atoms with van der Waals surface area (Å²) in [6.07, 6.45) is 3.18. The number of hydrogen-bond acceptors (Lipinski definition) is 4. The highest BCUT2D eigenvalue weighted by Crippen LogP contribution is 2.35. The number of rotatable bonds is 3. The van der Waals surface area contributed by atoms with Crippen LogP contribution in [0.4, 0.5) is 0 Å². The fourth-order valence-corrected chi connectivity index (χ4v) is 2.81. The maximum atomic E-state index is 11.5. The van der Waals surface area contributed by atoms with Gasteiger partial charge in [-0.2, -0.15) is 0 Å². The Morgan fingerprint density at radius 1 is 1.15 bits per heavy atom. The summed E-state index contributed by atoms with van der Waals surface area (Å²) >= 11 is 0. The Hall–Kier alpha value is -2.88. The van der Waals surface area contributed by atoms with Crippen LogP contribution < -0.4 is 0 Å². The van der Waals surface area contributed by atoms with Gasteiger partial charge in [-0.05, 0) is 41.8 Å². The normalized spacial score (nSPS) is 12.0. The Bertz CT molecular complexity index is 990. The lowest BCUT2D eigenvalue weighted by Crippen LogP contribution is -2.10. The highest BCUT2D eigenvalue weighted by Gasteiger charge is 2.23. The summed E-state index contributed by atoms with van der Waals surface area (Å²) in [5.41, 5.74) is 5.41. The molecule has 0 fully saturated rings. The molecule has 0 atom stereocenters. The highest BCUT2D eigenvalue weighted by atomic mass is 16.5. The van der Waals surface area contributed by atoms with Gasteiger partial charge in [0.2, 0.25) is 5.89 Å². The van der Waals surface area contributed by atoms with Crippen LogP contribution in [0.15, 0.2) is 46.9 Å². The van der Waals surface area contributed by atoms with E-state index in [2.05, 4.69) is 31.8 Å². The second-order valence-electron chi connectivity index (χ2n) is 7.37. The van der Waals surface area contributed by atoms with Crippen LogP contribution in [0, 0.1) is 6.92 Å². The molecule has 0 bridgehead atoms. The van der Waals surface area contributed by atoms with E-state index in [1.165, 1.54) is 13.2 Å². The number of esters is 1. The van der Waals surface area contributed by atoms with E-state index in [1.54, 1.807) is 6.08 Å². The van der Waals surface area contributed by atoms with Gasteiger partial charge in [0.15, 0.2) is 5.58 Å². The molecule has 0 spiro atoms. The number of aromatic nitrogens is 1. The average molecular weight is 349 g/mol. The zero-order valence-corrected chi connectivity index (χ0v) is 15.8. The molecular formula is C22H23NO3. The topological polar surface area (TPSA) is 52.3 Å². The summed E-state index contributed by atoms with van der Waals surface area (Å²) in [6, 6.07) is 12.0. The lowest BCUT2D eigenvalue weighted by atomic mass is 9.97. The van der Waals surface area contributed by atoms with Gasteiger partial charge in [0.1, 0.15) is 5.52 Å². The molecule has 3 aromatic rings. The van der Waals surface area contributed by atoms with E-state index < -0.39 is 0 Å². The van der Waals surface area contributed by atoms with E-state index >= 15 is 0 Å². The van der Waals surface area contributed by atoms with Crippen molar-refractivity contribution in [3.8, 4) is 11.1 Å². The molecule has 0 N–H and O–H groups in total. The van der Waals surface area contributed by atoms with Gasteiger partial charge in [-0.3, -0.25) is 0 Å². The van der Waals surface area contributed by atoms with Crippen molar-refractivity contribution in [2.45, 2.75) is 33.1 Å². The Morgan fingerprint density at radius 2 is 1.88 bits per heavy atom. The number of oxazole rings is 1. The van der Waals surface area contributed by atoms with E-state index in [9.17, 15) is 4.79 Å². The summed E-state index contributed by atoms with van der Waals surface area (Å²) in [4.78, 5) is 16.2. The van der Waals surface area contributed by atoms with E-state index in [4.69, 9.17) is 9.15 Å². The highest BCUT2D eigenvalue weighted by molar-refractivity contribution is 5.95. The van der Waals surface area contributed by atoms with Gasteiger partial charge < -0.3 is 9.15 Å². The number of hydrogen-bond donors (Lipinski definition) is 0. The third kappa shape index (κ3) is 3.54. The van der Waals surface area contributed by atoms with Crippen molar-refractivity contribution in [3.05, 3.63) is 59.5 Å².